The van der Waals surface area contributed by atoms with Gasteiger partial charge in [0.1, 0.15) is 0 Å². The number of nitrogens with zero attached hydrogens (tertiary/aromatic N) is 2. The van der Waals surface area contributed by atoms with Crippen LogP contribution >= 0.6 is 11.3 Å². The Morgan fingerprint density at radius 3 is 2.93 bits per heavy atom. The van der Waals surface area contributed by atoms with Crippen molar-refractivity contribution in [2.45, 2.75) is 19.9 Å². The van der Waals surface area contributed by atoms with Gasteiger partial charge in [-0.15, -0.1) is 11.3 Å². The molecule has 14 heavy (non-hydrogen) atoms. The fourth-order valence-electron chi connectivity index (χ4n) is 1.33. The van der Waals surface area contributed by atoms with Gasteiger partial charge in [-0.1, -0.05) is 0 Å². The van der Waals surface area contributed by atoms with E-state index in [9.17, 15) is 0 Å². The molecule has 4 heteroatoms. The van der Waals surface area contributed by atoms with E-state index in [2.05, 4.69) is 29.2 Å². The van der Waals surface area contributed by atoms with E-state index in [0.29, 0.717) is 0 Å². The molecule has 0 radical (unpaired) electrons. The average Bonchev–Trinajstić information content (AvgIpc) is 2.52. The van der Waals surface area contributed by atoms with Crippen molar-refractivity contribution < 1.29 is 0 Å². The summed E-state index contributed by atoms with van der Waals surface area (Å²) < 4.78 is 0. The van der Waals surface area contributed by atoms with Crippen LogP contribution in [0.4, 0.5) is 0 Å². The van der Waals surface area contributed by atoms with Crippen LogP contribution in [0.25, 0.3) is 0 Å². The maximum atomic E-state index is 4.25. The molecule has 0 aromatic carbocycles. The van der Waals surface area contributed by atoms with Crippen LogP contribution in [0.5, 0.6) is 0 Å². The molecule has 0 atom stereocenters. The molecule has 0 amide bonds. The number of nitrogens with one attached hydrogen (secondary N) is 1. The van der Waals surface area contributed by atoms with Crippen molar-refractivity contribution in [3.63, 3.8) is 0 Å². The molecular weight excluding hydrogens is 194 g/mol. The first-order chi connectivity index (χ1) is 6.74. The van der Waals surface area contributed by atoms with Gasteiger partial charge >= 0.3 is 0 Å². The van der Waals surface area contributed by atoms with E-state index in [1.54, 1.807) is 11.3 Å². The Labute approximate surface area is 90.2 Å². The van der Waals surface area contributed by atoms with Crippen LogP contribution in [0.3, 0.4) is 0 Å². The van der Waals surface area contributed by atoms with Gasteiger partial charge in [0, 0.05) is 11.4 Å². The van der Waals surface area contributed by atoms with Crippen LogP contribution in [0.1, 0.15) is 17.0 Å². The third kappa shape index (κ3) is 3.74. The molecule has 1 N–H and O–H groups in total. The molecule has 80 valence electrons. The Morgan fingerprint density at radius 2 is 2.36 bits per heavy atom. The zero-order chi connectivity index (χ0) is 10.4. The highest BCUT2D eigenvalue weighted by Gasteiger charge is 2.04. The molecule has 0 saturated heterocycles. The number of thiazole rings is 1. The molecule has 0 aliphatic carbocycles. The van der Waals surface area contributed by atoms with Crippen molar-refractivity contribution >= 4 is 11.3 Å². The van der Waals surface area contributed by atoms with Crippen LogP contribution in [0, 0.1) is 6.92 Å². The molecule has 1 heterocycles. The molecule has 0 aliphatic heterocycles. The van der Waals surface area contributed by atoms with Crippen molar-refractivity contribution in [3.8, 4) is 0 Å². The fourth-order valence-corrected chi connectivity index (χ4v) is 2.18. The summed E-state index contributed by atoms with van der Waals surface area (Å²) >= 11 is 1.75. The topological polar surface area (TPSA) is 28.2 Å². The maximum Gasteiger partial charge on any atom is 0.0798 e. The minimum atomic E-state index is 1.03. The molecule has 1 aromatic rings. The summed E-state index contributed by atoms with van der Waals surface area (Å²) in [7, 11) is 4.15. The smallest absolute Gasteiger partial charge is 0.0798 e. The zero-order valence-electron chi connectivity index (χ0n) is 9.21. The molecular formula is C10H19N3S. The van der Waals surface area contributed by atoms with E-state index in [4.69, 9.17) is 0 Å². The highest BCUT2D eigenvalue weighted by Crippen LogP contribution is 2.13. The van der Waals surface area contributed by atoms with Gasteiger partial charge in [-0.25, -0.2) is 4.98 Å². The Bertz CT molecular complexity index is 260. The summed E-state index contributed by atoms with van der Waals surface area (Å²) in [4.78, 5) is 7.98. The molecule has 0 spiro atoms. The minimum Gasteiger partial charge on any atom is -0.320 e. The average molecular weight is 213 g/mol. The Balaban J connectivity index is 2.27. The second-order valence-electron chi connectivity index (χ2n) is 3.56. The standard InChI is InChI=1S/C10H19N3S/c1-9-10(14-8-12-9)7-13(3)6-4-5-11-2/h8,11H,4-7H2,1-3H3. The van der Waals surface area contributed by atoms with E-state index >= 15 is 0 Å². The summed E-state index contributed by atoms with van der Waals surface area (Å²) in [5, 5.41) is 3.16. The van der Waals surface area contributed by atoms with Gasteiger partial charge in [-0.2, -0.15) is 0 Å². The SMILES string of the molecule is CNCCCN(C)Cc1scnc1C. The van der Waals surface area contributed by atoms with Crippen LogP contribution in [-0.2, 0) is 6.54 Å². The lowest BCUT2D eigenvalue weighted by atomic mass is 10.3. The lowest BCUT2D eigenvalue weighted by molar-refractivity contribution is 0.323. The molecule has 0 bridgehead atoms. The number of aromatic nitrogens is 1. The van der Waals surface area contributed by atoms with Crippen molar-refractivity contribution in [3.05, 3.63) is 16.1 Å². The van der Waals surface area contributed by atoms with E-state index < -0.39 is 0 Å². The quantitative estimate of drug-likeness (QED) is 0.726. The summed E-state index contributed by atoms with van der Waals surface area (Å²) in [6.07, 6.45) is 1.20. The molecule has 0 unspecified atom stereocenters. The lowest BCUT2D eigenvalue weighted by Crippen LogP contribution is -2.22. The largest absolute Gasteiger partial charge is 0.320 e. The van der Waals surface area contributed by atoms with E-state index in [1.807, 2.05) is 12.6 Å². The van der Waals surface area contributed by atoms with Gasteiger partial charge in [-0.05, 0) is 40.5 Å². The van der Waals surface area contributed by atoms with Gasteiger partial charge in [0.25, 0.3) is 0 Å². The van der Waals surface area contributed by atoms with Crippen LogP contribution in [0.15, 0.2) is 5.51 Å². The number of hydrogen-bond donors (Lipinski definition) is 1. The molecule has 1 rings (SSSR count). The molecule has 1 aromatic heterocycles. The normalized spacial score (nSPS) is 11.1. The van der Waals surface area contributed by atoms with Gasteiger partial charge < -0.3 is 10.2 Å². The first kappa shape index (κ1) is 11.6. The first-order valence-electron chi connectivity index (χ1n) is 4.96. The summed E-state index contributed by atoms with van der Waals surface area (Å²) in [6.45, 7) is 5.33. The van der Waals surface area contributed by atoms with E-state index in [0.717, 1.165) is 19.6 Å². The summed E-state index contributed by atoms with van der Waals surface area (Å²) in [5.74, 6) is 0. The molecule has 3 nitrogen and oxygen atoms in total. The van der Waals surface area contributed by atoms with E-state index in [1.165, 1.54) is 17.0 Å². The van der Waals surface area contributed by atoms with Crippen LogP contribution in [0.2, 0.25) is 0 Å². The Hall–Kier alpha value is -0.450. The third-order valence-electron chi connectivity index (χ3n) is 2.22. The second kappa shape index (κ2) is 6.11. The van der Waals surface area contributed by atoms with Gasteiger partial charge in [0.2, 0.25) is 0 Å². The first-order valence-corrected chi connectivity index (χ1v) is 5.84. The zero-order valence-corrected chi connectivity index (χ0v) is 10.0. The van der Waals surface area contributed by atoms with Crippen LogP contribution in [-0.4, -0.2) is 37.1 Å². The highest BCUT2D eigenvalue weighted by atomic mass is 32.1. The van der Waals surface area contributed by atoms with E-state index in [-0.39, 0.29) is 0 Å². The maximum absolute atomic E-state index is 4.25. The molecule has 0 fully saturated rings. The summed E-state index contributed by atoms with van der Waals surface area (Å²) in [5.41, 5.74) is 3.10. The number of aryl methyl sites for hydroxylation is 1. The molecule has 0 saturated carbocycles. The highest BCUT2D eigenvalue weighted by molar-refractivity contribution is 7.09. The second-order valence-corrected chi connectivity index (χ2v) is 4.50. The Kier molecular flexibility index (Phi) is 5.07. The predicted octanol–water partition coefficient (Wildman–Crippen LogP) is 1.49. The van der Waals surface area contributed by atoms with Crippen molar-refractivity contribution in [2.75, 3.05) is 27.2 Å². The number of hydrogen-bond acceptors (Lipinski definition) is 4. The summed E-state index contributed by atoms with van der Waals surface area (Å²) in [6, 6.07) is 0. The van der Waals surface area contributed by atoms with Gasteiger partial charge in [0.05, 0.1) is 11.2 Å². The van der Waals surface area contributed by atoms with Crippen LogP contribution < -0.4 is 5.32 Å². The monoisotopic (exact) mass is 213 g/mol. The number of rotatable bonds is 6. The molecule has 0 aliphatic rings. The van der Waals surface area contributed by atoms with Crippen molar-refractivity contribution in [1.82, 2.24) is 15.2 Å². The van der Waals surface area contributed by atoms with Crippen molar-refractivity contribution in [2.24, 2.45) is 0 Å². The lowest BCUT2D eigenvalue weighted by Gasteiger charge is -2.15. The minimum absolute atomic E-state index is 1.03. The van der Waals surface area contributed by atoms with Crippen molar-refractivity contribution in [1.29, 1.82) is 0 Å². The predicted molar refractivity (Wildman–Crippen MR) is 61.7 cm³/mol. The van der Waals surface area contributed by atoms with Gasteiger partial charge in [0.15, 0.2) is 0 Å². The Morgan fingerprint density at radius 1 is 1.57 bits per heavy atom. The van der Waals surface area contributed by atoms with Gasteiger partial charge in [-0.3, -0.25) is 0 Å². The fraction of sp³-hybridized carbons (Fsp3) is 0.700. The third-order valence-corrected chi connectivity index (χ3v) is 3.14.